The first-order valence-corrected chi connectivity index (χ1v) is 9.57. The third-order valence-electron chi connectivity index (χ3n) is 2.80. The van der Waals surface area contributed by atoms with E-state index in [-0.39, 0.29) is 4.21 Å². The lowest BCUT2D eigenvalue weighted by Crippen LogP contribution is -2.13. The molecule has 0 saturated heterocycles. The van der Waals surface area contributed by atoms with Gasteiger partial charge in [0.25, 0.3) is 10.0 Å². The highest BCUT2D eigenvalue weighted by Crippen LogP contribution is 2.31. The van der Waals surface area contributed by atoms with Crippen LogP contribution in [0.15, 0.2) is 38.3 Å². The van der Waals surface area contributed by atoms with Crippen molar-refractivity contribution in [3.8, 4) is 0 Å². The third kappa shape index (κ3) is 2.64. The molecule has 3 rings (SSSR count). The third-order valence-corrected chi connectivity index (χ3v) is 7.45. The molecule has 21 heavy (non-hydrogen) atoms. The van der Waals surface area contributed by atoms with Crippen molar-refractivity contribution >= 4 is 66.1 Å². The number of nitrogens with zero attached hydrogens (tertiary/aromatic N) is 2. The van der Waals surface area contributed by atoms with Crippen LogP contribution in [0.3, 0.4) is 0 Å². The molecule has 2 aromatic heterocycles. The molecule has 0 aliphatic carbocycles. The number of thiazole rings is 1. The lowest BCUT2D eigenvalue weighted by atomic mass is 10.3. The zero-order valence-corrected chi connectivity index (χ0v) is 14.5. The van der Waals surface area contributed by atoms with Gasteiger partial charge in [0.1, 0.15) is 4.21 Å². The fourth-order valence-corrected chi connectivity index (χ4v) is 5.54. The van der Waals surface area contributed by atoms with E-state index >= 15 is 0 Å². The van der Waals surface area contributed by atoms with Gasteiger partial charge in [-0.1, -0.05) is 40.6 Å². The summed E-state index contributed by atoms with van der Waals surface area (Å²) in [5, 5.41) is 2.51. The molecule has 110 valence electrons. The number of rotatable bonds is 2. The normalized spacial score (nSPS) is 13.2. The molecule has 0 saturated carbocycles. The Hall–Kier alpha value is -0.860. The van der Waals surface area contributed by atoms with Crippen LogP contribution in [0.2, 0.25) is 10.0 Å². The van der Waals surface area contributed by atoms with Gasteiger partial charge < -0.3 is 4.57 Å². The standard InChI is InChI=1S/C12H8Cl2N2O2S3/c1-16-11-8(5-4-7(13)10(11)14)20-12(16)15-21(17,18)9-3-2-6-19-9/h2-6H,1H3/b15-12-. The van der Waals surface area contributed by atoms with Crippen LogP contribution in [0.4, 0.5) is 0 Å². The van der Waals surface area contributed by atoms with Crippen molar-refractivity contribution in [2.24, 2.45) is 11.4 Å². The van der Waals surface area contributed by atoms with Gasteiger partial charge in [0, 0.05) is 7.05 Å². The molecule has 0 spiro atoms. The first-order chi connectivity index (χ1) is 9.90. The maximum Gasteiger partial charge on any atom is 0.294 e. The minimum atomic E-state index is -3.71. The zero-order chi connectivity index (χ0) is 15.2. The molecule has 4 nitrogen and oxygen atoms in total. The van der Waals surface area contributed by atoms with Crippen LogP contribution < -0.4 is 4.80 Å². The number of sulfonamides is 1. The molecule has 2 heterocycles. The van der Waals surface area contributed by atoms with E-state index < -0.39 is 10.0 Å². The number of aryl methyl sites for hydroxylation is 1. The van der Waals surface area contributed by atoms with Gasteiger partial charge >= 0.3 is 0 Å². The van der Waals surface area contributed by atoms with Crippen LogP contribution in [-0.4, -0.2) is 13.0 Å². The monoisotopic (exact) mass is 378 g/mol. The average Bonchev–Trinajstić information content (AvgIpc) is 3.04. The molecule has 0 radical (unpaired) electrons. The highest BCUT2D eigenvalue weighted by Gasteiger charge is 2.16. The van der Waals surface area contributed by atoms with Crippen LogP contribution in [0.25, 0.3) is 10.2 Å². The molecule has 0 unspecified atom stereocenters. The smallest absolute Gasteiger partial charge is 0.294 e. The van der Waals surface area contributed by atoms with Crippen molar-refractivity contribution in [2.45, 2.75) is 4.21 Å². The van der Waals surface area contributed by atoms with Crippen LogP contribution in [0, 0.1) is 0 Å². The van der Waals surface area contributed by atoms with Gasteiger partial charge in [-0.05, 0) is 23.6 Å². The van der Waals surface area contributed by atoms with E-state index in [0.29, 0.717) is 20.4 Å². The van der Waals surface area contributed by atoms with Crippen LogP contribution in [0.1, 0.15) is 0 Å². The quantitative estimate of drug-likeness (QED) is 0.678. The van der Waals surface area contributed by atoms with Crippen molar-refractivity contribution in [3.63, 3.8) is 0 Å². The maximum absolute atomic E-state index is 12.2. The fourth-order valence-electron chi connectivity index (χ4n) is 1.82. The first-order valence-electron chi connectivity index (χ1n) is 5.68. The summed E-state index contributed by atoms with van der Waals surface area (Å²) in [6.07, 6.45) is 0. The molecule has 0 aliphatic heterocycles. The van der Waals surface area contributed by atoms with Crippen LogP contribution in [-0.2, 0) is 17.1 Å². The second-order valence-electron chi connectivity index (χ2n) is 4.15. The summed E-state index contributed by atoms with van der Waals surface area (Å²) in [6.45, 7) is 0. The molecule has 0 bridgehead atoms. The summed E-state index contributed by atoms with van der Waals surface area (Å²) in [5.74, 6) is 0. The van der Waals surface area contributed by atoms with Gasteiger partial charge in [0.2, 0.25) is 4.80 Å². The van der Waals surface area contributed by atoms with Gasteiger partial charge in [-0.15, -0.1) is 15.7 Å². The fraction of sp³-hybridized carbons (Fsp3) is 0.0833. The molecule has 0 aliphatic rings. The van der Waals surface area contributed by atoms with Crippen LogP contribution >= 0.6 is 45.9 Å². The number of benzene rings is 1. The summed E-state index contributed by atoms with van der Waals surface area (Å²) in [7, 11) is -1.99. The number of hydrogen-bond donors (Lipinski definition) is 0. The summed E-state index contributed by atoms with van der Waals surface area (Å²) >= 11 is 14.6. The highest BCUT2D eigenvalue weighted by molar-refractivity contribution is 7.92. The summed E-state index contributed by atoms with van der Waals surface area (Å²) in [5.41, 5.74) is 0.675. The second kappa shape index (κ2) is 5.40. The molecule has 3 aromatic rings. The molecular formula is C12H8Cl2N2O2S3. The van der Waals surface area contributed by atoms with E-state index in [2.05, 4.69) is 4.40 Å². The lowest BCUT2D eigenvalue weighted by Gasteiger charge is -2.00. The van der Waals surface area contributed by atoms with Crippen molar-refractivity contribution in [1.29, 1.82) is 0 Å². The molecular weight excluding hydrogens is 371 g/mol. The van der Waals surface area contributed by atoms with E-state index in [1.165, 1.54) is 17.4 Å². The first kappa shape index (κ1) is 15.1. The number of hydrogen-bond acceptors (Lipinski definition) is 4. The minimum Gasteiger partial charge on any atom is -0.318 e. The second-order valence-corrected chi connectivity index (χ2v) is 8.72. The Kier molecular flexibility index (Phi) is 3.87. The molecule has 1 aromatic carbocycles. The van der Waals surface area contributed by atoms with E-state index in [4.69, 9.17) is 23.2 Å². The number of halogens is 2. The largest absolute Gasteiger partial charge is 0.318 e. The molecule has 0 N–H and O–H groups in total. The Morgan fingerprint density at radius 3 is 2.67 bits per heavy atom. The van der Waals surface area contributed by atoms with Gasteiger partial charge in [-0.25, -0.2) is 0 Å². The van der Waals surface area contributed by atoms with Crippen molar-refractivity contribution in [3.05, 3.63) is 44.5 Å². The highest BCUT2D eigenvalue weighted by atomic mass is 35.5. The van der Waals surface area contributed by atoms with Crippen molar-refractivity contribution in [1.82, 2.24) is 4.57 Å². The van der Waals surface area contributed by atoms with Gasteiger partial charge in [-0.3, -0.25) is 0 Å². The maximum atomic E-state index is 12.2. The number of aromatic nitrogens is 1. The predicted octanol–water partition coefficient (Wildman–Crippen LogP) is 3.90. The van der Waals surface area contributed by atoms with Gasteiger partial charge in [0.15, 0.2) is 0 Å². The van der Waals surface area contributed by atoms with Crippen LogP contribution in [0.5, 0.6) is 0 Å². The van der Waals surface area contributed by atoms with Gasteiger partial charge in [0.05, 0.1) is 20.3 Å². The Morgan fingerprint density at radius 2 is 2.00 bits per heavy atom. The Balaban J connectivity index is 2.30. The predicted molar refractivity (Wildman–Crippen MR) is 87.9 cm³/mol. The summed E-state index contributed by atoms with van der Waals surface area (Å²) < 4.78 is 31.0. The van der Waals surface area contributed by atoms with E-state index in [0.717, 1.165) is 16.0 Å². The van der Waals surface area contributed by atoms with E-state index in [9.17, 15) is 8.42 Å². The Bertz CT molecular complexity index is 986. The minimum absolute atomic E-state index is 0.212. The van der Waals surface area contributed by atoms with Crippen molar-refractivity contribution < 1.29 is 8.42 Å². The van der Waals surface area contributed by atoms with Gasteiger partial charge in [-0.2, -0.15) is 8.42 Å². The number of thiophene rings is 1. The zero-order valence-electron chi connectivity index (χ0n) is 10.6. The molecule has 9 heteroatoms. The Morgan fingerprint density at radius 1 is 1.24 bits per heavy atom. The summed E-state index contributed by atoms with van der Waals surface area (Å²) in [4.78, 5) is 0.350. The molecule has 0 amide bonds. The molecule has 0 atom stereocenters. The van der Waals surface area contributed by atoms with E-state index in [1.54, 1.807) is 35.2 Å². The Labute approximate surface area is 139 Å². The topological polar surface area (TPSA) is 51.4 Å². The summed E-state index contributed by atoms with van der Waals surface area (Å²) in [6, 6.07) is 6.68. The molecule has 0 fully saturated rings. The lowest BCUT2D eigenvalue weighted by molar-refractivity contribution is 0.598. The average molecular weight is 379 g/mol. The van der Waals surface area contributed by atoms with Crippen molar-refractivity contribution in [2.75, 3.05) is 0 Å². The SMILES string of the molecule is Cn1/c(=N/S(=O)(=O)c2cccs2)sc2ccc(Cl)c(Cl)c21. The number of fused-ring (bicyclic) bond motifs is 1. The van der Waals surface area contributed by atoms with E-state index in [1.807, 2.05) is 0 Å².